The molecule has 36 heavy (non-hydrogen) atoms. The van der Waals surface area contributed by atoms with E-state index in [4.69, 9.17) is 4.74 Å². The maximum absolute atomic E-state index is 13.1. The van der Waals surface area contributed by atoms with Crippen molar-refractivity contribution >= 4 is 35.1 Å². The second-order valence-electron chi connectivity index (χ2n) is 10.2. The molecule has 0 radical (unpaired) electrons. The zero-order valence-electron chi connectivity index (χ0n) is 21.2. The van der Waals surface area contributed by atoms with Gasteiger partial charge in [-0.15, -0.1) is 0 Å². The Kier molecular flexibility index (Phi) is 5.89. The number of ether oxygens (including phenoxy) is 1. The molecular weight excluding hydrogens is 462 g/mol. The molecule has 5 heterocycles. The van der Waals surface area contributed by atoms with Crippen LogP contribution < -0.4 is 15.1 Å². The second kappa shape index (κ2) is 8.92. The Hall–Kier alpha value is -3.96. The average molecular weight is 494 g/mol. The van der Waals surface area contributed by atoms with Crippen LogP contribution in [0.5, 0.6) is 0 Å². The molecule has 2 aliphatic heterocycles. The number of nitrogens with zero attached hydrogens (tertiary/aromatic N) is 8. The Bertz CT molecular complexity index is 1320. The number of carbonyl (C=O) groups is 2. The van der Waals surface area contributed by atoms with Crippen molar-refractivity contribution in [3.63, 3.8) is 0 Å². The number of piperazine rings is 1. The van der Waals surface area contributed by atoms with Crippen LogP contribution in [0.3, 0.4) is 0 Å². The van der Waals surface area contributed by atoms with E-state index in [-0.39, 0.29) is 18.2 Å². The summed E-state index contributed by atoms with van der Waals surface area (Å²) in [6.07, 6.45) is 5.35. The average Bonchev–Trinajstić information content (AvgIpc) is 3.40. The van der Waals surface area contributed by atoms with Gasteiger partial charge in [-0.25, -0.2) is 29.1 Å². The lowest BCUT2D eigenvalue weighted by molar-refractivity contribution is 0.0159. The van der Waals surface area contributed by atoms with E-state index in [1.165, 1.54) is 0 Å². The molecular formula is C24H31N9O3. The molecule has 0 spiro atoms. The molecule has 3 amide bonds. The van der Waals surface area contributed by atoms with Crippen molar-refractivity contribution in [2.24, 2.45) is 0 Å². The summed E-state index contributed by atoms with van der Waals surface area (Å²) in [6, 6.07) is 1.67. The van der Waals surface area contributed by atoms with Gasteiger partial charge in [-0.3, -0.25) is 10.2 Å². The summed E-state index contributed by atoms with van der Waals surface area (Å²) in [4.78, 5) is 44.4. The Morgan fingerprint density at radius 1 is 1.17 bits per heavy atom. The van der Waals surface area contributed by atoms with E-state index in [2.05, 4.69) is 30.3 Å². The smallest absolute Gasteiger partial charge is 0.410 e. The lowest BCUT2D eigenvalue weighted by Crippen LogP contribution is -2.55. The number of rotatable bonds is 2. The number of urea groups is 1. The van der Waals surface area contributed by atoms with Crippen LogP contribution in [0, 0.1) is 6.92 Å². The van der Waals surface area contributed by atoms with E-state index in [9.17, 15) is 9.59 Å². The molecule has 0 saturated carbocycles. The fourth-order valence-corrected chi connectivity index (χ4v) is 4.68. The molecule has 2 aliphatic rings. The van der Waals surface area contributed by atoms with Crippen LogP contribution in [0.2, 0.25) is 0 Å². The predicted octanol–water partition coefficient (Wildman–Crippen LogP) is 2.87. The first-order valence-corrected chi connectivity index (χ1v) is 12.1. The van der Waals surface area contributed by atoms with Gasteiger partial charge in [-0.2, -0.15) is 5.10 Å². The van der Waals surface area contributed by atoms with Crippen LogP contribution in [-0.2, 0) is 11.2 Å². The van der Waals surface area contributed by atoms with Crippen LogP contribution >= 0.6 is 0 Å². The van der Waals surface area contributed by atoms with Gasteiger partial charge in [0.1, 0.15) is 17.2 Å². The number of fused-ring (bicyclic) bond motifs is 2. The number of nitrogens with one attached hydrogen (secondary N) is 1. The fraction of sp³-hybridized carbons (Fsp3) is 0.500. The zero-order chi connectivity index (χ0) is 25.6. The first kappa shape index (κ1) is 23.8. The Morgan fingerprint density at radius 3 is 2.72 bits per heavy atom. The first-order chi connectivity index (χ1) is 17.1. The third-order valence-corrected chi connectivity index (χ3v) is 6.25. The number of pyridine rings is 1. The van der Waals surface area contributed by atoms with Gasteiger partial charge in [0.25, 0.3) is 0 Å². The van der Waals surface area contributed by atoms with Gasteiger partial charge < -0.3 is 14.5 Å². The van der Waals surface area contributed by atoms with Gasteiger partial charge in [0.2, 0.25) is 0 Å². The van der Waals surface area contributed by atoms with Crippen LogP contribution in [0.4, 0.5) is 26.9 Å². The quantitative estimate of drug-likeness (QED) is 0.579. The predicted molar refractivity (Wildman–Crippen MR) is 134 cm³/mol. The summed E-state index contributed by atoms with van der Waals surface area (Å²) in [5, 5.41) is 7.11. The molecule has 190 valence electrons. The Labute approximate surface area is 209 Å². The van der Waals surface area contributed by atoms with Crippen LogP contribution in [0.15, 0.2) is 24.7 Å². The summed E-state index contributed by atoms with van der Waals surface area (Å²) in [5.74, 6) is 1.66. The first-order valence-electron chi connectivity index (χ1n) is 12.1. The highest BCUT2D eigenvalue weighted by Crippen LogP contribution is 2.35. The highest BCUT2D eigenvalue weighted by molar-refractivity contribution is 6.02. The summed E-state index contributed by atoms with van der Waals surface area (Å²) < 4.78 is 7.16. The number of aryl methyl sites for hydroxylation is 1. The van der Waals surface area contributed by atoms with Gasteiger partial charge in [0.05, 0.1) is 12.4 Å². The van der Waals surface area contributed by atoms with Crippen molar-refractivity contribution in [3.8, 4) is 0 Å². The maximum atomic E-state index is 13.1. The normalized spacial score (nSPS) is 17.9. The van der Waals surface area contributed by atoms with Crippen LogP contribution in [0.1, 0.15) is 39.1 Å². The van der Waals surface area contributed by atoms with E-state index in [1.807, 2.05) is 33.8 Å². The van der Waals surface area contributed by atoms with Crippen LogP contribution in [0.25, 0.3) is 5.65 Å². The standard InChI is InChI=1S/C24H31N9O3/c1-15-13-30(10-11-31(15)23(35)36-24(3,4)5)18-6-8-25-21-17(18)7-9-32(21)22(34)28-19-14-33-20(12-26-19)27-16(2)29-33/h6,8,12,14-15H,7,9-11,13H2,1-5H3,(H,28,34)/t15-/m1/s1. The van der Waals surface area contributed by atoms with Gasteiger partial charge in [0, 0.05) is 49.7 Å². The van der Waals surface area contributed by atoms with Crippen molar-refractivity contribution < 1.29 is 14.3 Å². The summed E-state index contributed by atoms with van der Waals surface area (Å²) in [5.41, 5.74) is 2.16. The molecule has 1 saturated heterocycles. The third kappa shape index (κ3) is 4.62. The minimum absolute atomic E-state index is 0.0142. The Balaban J connectivity index is 1.29. The highest BCUT2D eigenvalue weighted by atomic mass is 16.6. The SMILES string of the molecule is Cc1nc2cnc(NC(=O)N3CCc4c(N5CCN(C(=O)OC(C)(C)C)[C@H](C)C5)ccnc43)cn2n1. The maximum Gasteiger partial charge on any atom is 0.410 e. The minimum Gasteiger partial charge on any atom is -0.444 e. The minimum atomic E-state index is -0.528. The molecule has 1 atom stereocenters. The van der Waals surface area contributed by atoms with E-state index < -0.39 is 5.60 Å². The second-order valence-corrected chi connectivity index (χ2v) is 10.2. The topological polar surface area (TPSA) is 121 Å². The van der Waals surface area contributed by atoms with E-state index in [1.54, 1.807) is 39.8 Å². The van der Waals surface area contributed by atoms with Gasteiger partial charge in [0.15, 0.2) is 11.5 Å². The molecule has 3 aromatic heterocycles. The largest absolute Gasteiger partial charge is 0.444 e. The summed E-state index contributed by atoms with van der Waals surface area (Å²) in [7, 11) is 0. The number of amides is 3. The number of aromatic nitrogens is 5. The van der Waals surface area contributed by atoms with Crippen molar-refractivity contribution in [2.45, 2.75) is 52.7 Å². The number of hydrogen-bond donors (Lipinski definition) is 1. The number of carbonyl (C=O) groups excluding carboxylic acids is 2. The van der Waals surface area contributed by atoms with Gasteiger partial charge in [-0.1, -0.05) is 0 Å². The molecule has 1 N–H and O–H groups in total. The number of anilines is 3. The molecule has 12 heteroatoms. The van der Waals surface area contributed by atoms with Crippen molar-refractivity contribution in [1.29, 1.82) is 0 Å². The molecule has 0 bridgehead atoms. The molecule has 1 fully saturated rings. The zero-order valence-corrected chi connectivity index (χ0v) is 21.2. The van der Waals surface area contributed by atoms with Crippen molar-refractivity contribution in [1.82, 2.24) is 29.5 Å². The van der Waals surface area contributed by atoms with E-state index in [0.717, 1.165) is 11.3 Å². The molecule has 5 rings (SSSR count). The molecule has 12 nitrogen and oxygen atoms in total. The monoisotopic (exact) mass is 493 g/mol. The summed E-state index contributed by atoms with van der Waals surface area (Å²) >= 11 is 0. The molecule has 0 aromatic carbocycles. The van der Waals surface area contributed by atoms with Crippen molar-refractivity contribution in [3.05, 3.63) is 36.0 Å². The summed E-state index contributed by atoms with van der Waals surface area (Å²) in [6.45, 7) is 11.9. The molecule has 0 unspecified atom stereocenters. The van der Waals surface area contributed by atoms with E-state index >= 15 is 0 Å². The number of hydrogen-bond acceptors (Lipinski definition) is 8. The lowest BCUT2D eigenvalue weighted by Gasteiger charge is -2.41. The van der Waals surface area contributed by atoms with Gasteiger partial charge in [-0.05, 0) is 47.1 Å². The third-order valence-electron chi connectivity index (χ3n) is 6.25. The van der Waals surface area contributed by atoms with E-state index in [0.29, 0.717) is 55.7 Å². The van der Waals surface area contributed by atoms with Crippen LogP contribution in [-0.4, -0.2) is 79.4 Å². The fourth-order valence-electron chi connectivity index (χ4n) is 4.68. The van der Waals surface area contributed by atoms with Gasteiger partial charge >= 0.3 is 12.1 Å². The van der Waals surface area contributed by atoms with Crippen molar-refractivity contribution in [2.75, 3.05) is 41.3 Å². The lowest BCUT2D eigenvalue weighted by atomic mass is 10.1. The molecule has 0 aliphatic carbocycles. The Morgan fingerprint density at radius 2 is 1.97 bits per heavy atom. The highest BCUT2D eigenvalue weighted by Gasteiger charge is 2.34. The molecule has 3 aromatic rings.